The van der Waals surface area contributed by atoms with Crippen LogP contribution in [0.1, 0.15) is 15.9 Å². The van der Waals surface area contributed by atoms with Crippen molar-refractivity contribution in [1.82, 2.24) is 0 Å². The van der Waals surface area contributed by atoms with Gasteiger partial charge in [0.05, 0.1) is 11.8 Å². The van der Waals surface area contributed by atoms with Crippen LogP contribution in [-0.4, -0.2) is 31.3 Å². The molecule has 1 aromatic carbocycles. The number of urea groups is 1. The van der Waals surface area contributed by atoms with Crippen LogP contribution in [0, 0.1) is 6.92 Å². The van der Waals surface area contributed by atoms with Crippen LogP contribution in [0.2, 0.25) is 0 Å². The molecule has 0 fully saturated rings. The number of aryl methyl sites for hydroxylation is 1. The zero-order valence-corrected chi connectivity index (χ0v) is 15.5. The molecule has 0 aliphatic rings. The Hall–Kier alpha value is -3.33. The zero-order valence-electron chi connectivity index (χ0n) is 14.7. The predicted octanol–water partition coefficient (Wildman–Crippen LogP) is 3.54. The summed E-state index contributed by atoms with van der Waals surface area (Å²) in [6.45, 7) is 1.88. The number of methoxy groups -OCH3 is 1. The molecule has 140 valence electrons. The van der Waals surface area contributed by atoms with Crippen molar-refractivity contribution in [2.24, 2.45) is 0 Å². The number of amides is 2. The molecule has 9 heteroatoms. The molecule has 8 nitrogen and oxygen atoms in total. The standard InChI is InChI=1S/C18H16N2O6S/c1-9-6-10(4-5-12(9)25-3)20(2)18(24)19-15-8-13-14(27-15)7-11(16(21)22)17(23)26-13/h4-8H,1-3H3,(H,19,24)(H,21,22). The van der Waals surface area contributed by atoms with Gasteiger partial charge in [-0.15, -0.1) is 11.3 Å². The lowest BCUT2D eigenvalue weighted by molar-refractivity contribution is 0.0692. The molecular formula is C18H16N2O6S. The summed E-state index contributed by atoms with van der Waals surface area (Å²) in [7, 11) is 3.20. The monoisotopic (exact) mass is 388 g/mol. The van der Waals surface area contributed by atoms with E-state index >= 15 is 0 Å². The highest BCUT2D eigenvalue weighted by Gasteiger charge is 2.17. The molecule has 0 unspecified atom stereocenters. The van der Waals surface area contributed by atoms with E-state index in [9.17, 15) is 14.4 Å². The van der Waals surface area contributed by atoms with Crippen LogP contribution in [0.25, 0.3) is 10.3 Å². The second-order valence-corrected chi connectivity index (χ2v) is 6.82. The Labute approximate surface area is 157 Å². The number of thiophene rings is 1. The van der Waals surface area contributed by atoms with Gasteiger partial charge in [0.15, 0.2) is 5.58 Å². The molecule has 0 aliphatic carbocycles. The van der Waals surface area contributed by atoms with E-state index in [2.05, 4.69) is 5.32 Å². The molecular weight excluding hydrogens is 372 g/mol. The first-order valence-electron chi connectivity index (χ1n) is 7.80. The van der Waals surface area contributed by atoms with E-state index in [1.54, 1.807) is 26.3 Å². The summed E-state index contributed by atoms with van der Waals surface area (Å²) in [5.74, 6) is -0.638. The maximum Gasteiger partial charge on any atom is 0.351 e. The lowest BCUT2D eigenvalue weighted by atomic mass is 10.2. The highest BCUT2D eigenvalue weighted by atomic mass is 32.1. The van der Waals surface area contributed by atoms with Crippen molar-refractivity contribution in [2.75, 3.05) is 24.4 Å². The summed E-state index contributed by atoms with van der Waals surface area (Å²) in [6, 6.07) is 7.68. The number of carboxylic acids is 1. The van der Waals surface area contributed by atoms with Crippen LogP contribution in [0.15, 0.2) is 39.5 Å². The van der Waals surface area contributed by atoms with Crippen LogP contribution < -0.4 is 20.6 Å². The first kappa shape index (κ1) is 18.5. The predicted molar refractivity (Wildman–Crippen MR) is 102 cm³/mol. The number of carbonyl (C=O) groups is 2. The Morgan fingerprint density at radius 1 is 1.26 bits per heavy atom. The van der Waals surface area contributed by atoms with Gasteiger partial charge in [-0.1, -0.05) is 0 Å². The molecule has 3 aromatic rings. The fourth-order valence-corrected chi connectivity index (χ4v) is 3.42. The fraction of sp³-hybridized carbons (Fsp3) is 0.167. The Balaban J connectivity index is 1.84. The fourth-order valence-electron chi connectivity index (χ4n) is 2.50. The molecule has 0 saturated carbocycles. The lowest BCUT2D eigenvalue weighted by Gasteiger charge is -2.18. The van der Waals surface area contributed by atoms with Crippen molar-refractivity contribution >= 4 is 44.3 Å². The molecule has 0 aliphatic heterocycles. The largest absolute Gasteiger partial charge is 0.496 e. The molecule has 3 rings (SSSR count). The van der Waals surface area contributed by atoms with Crippen LogP contribution in [0.4, 0.5) is 15.5 Å². The molecule has 2 heterocycles. The van der Waals surface area contributed by atoms with Gasteiger partial charge in [0.1, 0.15) is 16.3 Å². The summed E-state index contributed by atoms with van der Waals surface area (Å²) in [5, 5.41) is 12.1. The van der Waals surface area contributed by atoms with Crippen LogP contribution in [-0.2, 0) is 0 Å². The Morgan fingerprint density at radius 2 is 2.00 bits per heavy atom. The minimum Gasteiger partial charge on any atom is -0.496 e. The minimum absolute atomic E-state index is 0.216. The van der Waals surface area contributed by atoms with Crippen molar-refractivity contribution in [1.29, 1.82) is 0 Å². The van der Waals surface area contributed by atoms with Gasteiger partial charge < -0.3 is 14.3 Å². The number of rotatable bonds is 4. The summed E-state index contributed by atoms with van der Waals surface area (Å²) in [4.78, 5) is 36.6. The minimum atomic E-state index is -1.36. The van der Waals surface area contributed by atoms with Crippen LogP contribution in [0.5, 0.6) is 5.75 Å². The molecule has 2 N–H and O–H groups in total. The van der Waals surface area contributed by atoms with E-state index in [-0.39, 0.29) is 5.58 Å². The zero-order chi connectivity index (χ0) is 19.7. The number of nitrogens with one attached hydrogen (secondary N) is 1. The SMILES string of the molecule is COc1ccc(N(C)C(=O)Nc2cc3oc(=O)c(C(=O)O)cc3s2)cc1C. The number of benzene rings is 1. The van der Waals surface area contributed by atoms with E-state index in [4.69, 9.17) is 14.3 Å². The van der Waals surface area contributed by atoms with Gasteiger partial charge in [-0.05, 0) is 36.8 Å². The number of hydrogen-bond acceptors (Lipinski definition) is 6. The van der Waals surface area contributed by atoms with E-state index in [0.29, 0.717) is 15.4 Å². The van der Waals surface area contributed by atoms with Crippen LogP contribution in [0.3, 0.4) is 0 Å². The highest BCUT2D eigenvalue weighted by Crippen LogP contribution is 2.30. The van der Waals surface area contributed by atoms with Gasteiger partial charge in [-0.3, -0.25) is 10.2 Å². The molecule has 0 spiro atoms. The summed E-state index contributed by atoms with van der Waals surface area (Å²) >= 11 is 1.11. The van der Waals surface area contributed by atoms with Gasteiger partial charge >= 0.3 is 17.6 Å². The third-order valence-electron chi connectivity index (χ3n) is 3.95. The molecule has 0 atom stereocenters. The third kappa shape index (κ3) is 3.63. The molecule has 2 amide bonds. The van der Waals surface area contributed by atoms with Crippen molar-refractivity contribution in [3.8, 4) is 5.75 Å². The quantitative estimate of drug-likeness (QED) is 0.708. The van der Waals surface area contributed by atoms with Gasteiger partial charge in [-0.25, -0.2) is 14.4 Å². The molecule has 0 saturated heterocycles. The number of aromatic carboxylic acids is 1. The molecule has 0 bridgehead atoms. The third-order valence-corrected chi connectivity index (χ3v) is 4.93. The van der Waals surface area contributed by atoms with Gasteiger partial charge in [0, 0.05) is 18.8 Å². The lowest BCUT2D eigenvalue weighted by Crippen LogP contribution is -2.30. The summed E-state index contributed by atoms with van der Waals surface area (Å²) < 4.78 is 10.7. The van der Waals surface area contributed by atoms with Crippen molar-refractivity contribution < 1.29 is 23.8 Å². The first-order chi connectivity index (χ1) is 12.8. The second-order valence-electron chi connectivity index (χ2n) is 5.73. The number of hydrogen-bond donors (Lipinski definition) is 2. The van der Waals surface area contributed by atoms with Crippen molar-refractivity contribution in [3.05, 3.63) is 51.9 Å². The summed E-state index contributed by atoms with van der Waals surface area (Å²) in [5.41, 5.74) is 0.392. The van der Waals surface area contributed by atoms with E-state index in [1.807, 2.05) is 13.0 Å². The van der Waals surface area contributed by atoms with E-state index < -0.39 is 23.2 Å². The average Bonchev–Trinajstić information content (AvgIpc) is 3.00. The number of carbonyl (C=O) groups excluding carboxylic acids is 1. The van der Waals surface area contributed by atoms with Crippen molar-refractivity contribution in [3.63, 3.8) is 0 Å². The van der Waals surface area contributed by atoms with Crippen LogP contribution >= 0.6 is 11.3 Å². The summed E-state index contributed by atoms with van der Waals surface area (Å²) in [6.07, 6.45) is 0. The Bertz CT molecular complexity index is 1100. The smallest absolute Gasteiger partial charge is 0.351 e. The Kier molecular flexibility index (Phi) is 4.87. The molecule has 0 radical (unpaired) electrons. The maximum atomic E-state index is 12.5. The van der Waals surface area contributed by atoms with Gasteiger partial charge in [0.25, 0.3) is 0 Å². The first-order valence-corrected chi connectivity index (χ1v) is 8.62. The van der Waals surface area contributed by atoms with E-state index in [1.165, 1.54) is 17.0 Å². The average molecular weight is 388 g/mol. The molecule has 2 aromatic heterocycles. The molecule has 27 heavy (non-hydrogen) atoms. The van der Waals surface area contributed by atoms with Gasteiger partial charge in [-0.2, -0.15) is 0 Å². The highest BCUT2D eigenvalue weighted by molar-refractivity contribution is 7.22. The Morgan fingerprint density at radius 3 is 2.63 bits per heavy atom. The number of anilines is 2. The number of carboxylic acid groups (broad SMARTS) is 1. The van der Waals surface area contributed by atoms with Gasteiger partial charge in [0.2, 0.25) is 0 Å². The van der Waals surface area contributed by atoms with Crippen molar-refractivity contribution in [2.45, 2.75) is 6.92 Å². The normalized spacial score (nSPS) is 10.6. The number of fused-ring (bicyclic) bond motifs is 1. The second kappa shape index (κ2) is 7.12. The number of ether oxygens (including phenoxy) is 1. The maximum absolute atomic E-state index is 12.5. The number of nitrogens with zero attached hydrogens (tertiary/aromatic N) is 1. The van der Waals surface area contributed by atoms with E-state index in [0.717, 1.165) is 22.6 Å². The topological polar surface area (TPSA) is 109 Å².